The van der Waals surface area contributed by atoms with E-state index in [9.17, 15) is 27.2 Å². The van der Waals surface area contributed by atoms with Gasteiger partial charge in [-0.05, 0) is 12.1 Å². The molecule has 0 fully saturated rings. The number of alkyl halides is 3. The second kappa shape index (κ2) is 5.03. The van der Waals surface area contributed by atoms with Crippen molar-refractivity contribution in [2.24, 2.45) is 0 Å². The fraction of sp³-hybridized carbons (Fsp3) is 0.200. The second-order valence-corrected chi connectivity index (χ2v) is 3.02. The summed E-state index contributed by atoms with van der Waals surface area (Å²) in [6.07, 6.45) is -4.85. The van der Waals surface area contributed by atoms with E-state index in [0.717, 1.165) is 7.11 Å². The van der Waals surface area contributed by atoms with Crippen LogP contribution in [0.4, 0.5) is 17.6 Å². The molecular formula is C10H6F4O4. The summed E-state index contributed by atoms with van der Waals surface area (Å²) in [4.78, 5) is 21.6. The Hall–Kier alpha value is -2.12. The van der Waals surface area contributed by atoms with Crippen LogP contribution in [0.25, 0.3) is 0 Å². The van der Waals surface area contributed by atoms with Crippen molar-refractivity contribution in [3.05, 3.63) is 29.6 Å². The zero-order valence-electron chi connectivity index (χ0n) is 8.88. The highest BCUT2D eigenvalue weighted by molar-refractivity contribution is 6.30. The summed E-state index contributed by atoms with van der Waals surface area (Å²) in [6, 6.07) is 1.30. The Labute approximate surface area is 98.1 Å². The molecule has 0 spiro atoms. The number of halogens is 4. The van der Waals surface area contributed by atoms with Gasteiger partial charge in [0.25, 0.3) is 0 Å². The summed E-state index contributed by atoms with van der Waals surface area (Å²) >= 11 is 0. The highest BCUT2D eigenvalue weighted by Gasteiger charge is 2.35. The van der Waals surface area contributed by atoms with E-state index in [0.29, 0.717) is 18.2 Å². The summed E-state index contributed by atoms with van der Waals surface area (Å²) < 4.78 is 58.3. The first-order valence-corrected chi connectivity index (χ1v) is 4.42. The normalized spacial score (nSPS) is 10.9. The average Bonchev–Trinajstić information content (AvgIpc) is 2.26. The van der Waals surface area contributed by atoms with Crippen molar-refractivity contribution < 1.29 is 36.6 Å². The predicted molar refractivity (Wildman–Crippen MR) is 49.1 cm³/mol. The van der Waals surface area contributed by atoms with E-state index < -0.39 is 35.2 Å². The Morgan fingerprint density at radius 2 is 1.78 bits per heavy atom. The first kappa shape index (κ1) is 13.9. The minimum Gasteiger partial charge on any atom is -0.461 e. The molecule has 0 aliphatic carbocycles. The van der Waals surface area contributed by atoms with Crippen molar-refractivity contribution in [1.29, 1.82) is 0 Å². The standard InChI is InChI=1S/C10H6F4O4/c1-17-8(15)9(16)18-7-4-5(11)2-3-6(7)10(12,13)14/h2-4H,1H3. The second-order valence-electron chi connectivity index (χ2n) is 3.02. The monoisotopic (exact) mass is 266 g/mol. The van der Waals surface area contributed by atoms with Crippen LogP contribution in [-0.2, 0) is 20.5 Å². The zero-order chi connectivity index (χ0) is 13.9. The molecule has 0 amide bonds. The van der Waals surface area contributed by atoms with Gasteiger partial charge in [-0.1, -0.05) is 0 Å². The van der Waals surface area contributed by atoms with Gasteiger partial charge in [-0.15, -0.1) is 0 Å². The van der Waals surface area contributed by atoms with Gasteiger partial charge in [0.15, 0.2) is 0 Å². The zero-order valence-corrected chi connectivity index (χ0v) is 8.88. The lowest BCUT2D eigenvalue weighted by atomic mass is 10.2. The van der Waals surface area contributed by atoms with E-state index in [2.05, 4.69) is 9.47 Å². The maximum absolute atomic E-state index is 12.8. The number of rotatable bonds is 1. The summed E-state index contributed by atoms with van der Waals surface area (Å²) in [5.41, 5.74) is -1.37. The van der Waals surface area contributed by atoms with Crippen LogP contribution < -0.4 is 4.74 Å². The molecule has 8 heteroatoms. The minimum atomic E-state index is -4.85. The topological polar surface area (TPSA) is 52.6 Å². The molecule has 4 nitrogen and oxygen atoms in total. The number of carbonyl (C=O) groups excluding carboxylic acids is 2. The van der Waals surface area contributed by atoms with Crippen molar-refractivity contribution in [3.63, 3.8) is 0 Å². The summed E-state index contributed by atoms with van der Waals surface area (Å²) in [6.45, 7) is 0. The largest absolute Gasteiger partial charge is 0.461 e. The van der Waals surface area contributed by atoms with E-state index in [1.165, 1.54) is 0 Å². The lowest BCUT2D eigenvalue weighted by Crippen LogP contribution is -2.23. The molecule has 1 rings (SSSR count). The third kappa shape index (κ3) is 3.19. The van der Waals surface area contributed by atoms with Crippen LogP contribution in [0.5, 0.6) is 5.75 Å². The van der Waals surface area contributed by atoms with E-state index in [1.807, 2.05) is 0 Å². The molecule has 0 aromatic heterocycles. The number of esters is 2. The predicted octanol–water partition coefficient (Wildman–Crippen LogP) is 1.92. The third-order valence-electron chi connectivity index (χ3n) is 1.80. The van der Waals surface area contributed by atoms with E-state index >= 15 is 0 Å². The highest BCUT2D eigenvalue weighted by atomic mass is 19.4. The molecule has 18 heavy (non-hydrogen) atoms. The molecule has 0 heterocycles. The van der Waals surface area contributed by atoms with Crippen molar-refractivity contribution >= 4 is 11.9 Å². The maximum Gasteiger partial charge on any atom is 0.422 e. The summed E-state index contributed by atoms with van der Waals surface area (Å²) in [5.74, 6) is -5.31. The Kier molecular flexibility index (Phi) is 3.89. The molecule has 0 unspecified atom stereocenters. The van der Waals surface area contributed by atoms with Crippen LogP contribution in [0, 0.1) is 5.82 Å². The molecule has 0 N–H and O–H groups in total. The SMILES string of the molecule is COC(=O)C(=O)Oc1cc(F)ccc1C(F)(F)F. The average molecular weight is 266 g/mol. The third-order valence-corrected chi connectivity index (χ3v) is 1.80. The molecule has 0 aliphatic rings. The van der Waals surface area contributed by atoms with Crippen molar-refractivity contribution in [2.45, 2.75) is 6.18 Å². The Balaban J connectivity index is 3.11. The molecule has 0 saturated heterocycles. The van der Waals surface area contributed by atoms with Crippen LogP contribution in [0.3, 0.4) is 0 Å². The molecule has 0 bridgehead atoms. The lowest BCUT2D eigenvalue weighted by Gasteiger charge is -2.11. The lowest BCUT2D eigenvalue weighted by molar-refractivity contribution is -0.161. The van der Waals surface area contributed by atoms with Crippen LogP contribution in [0.15, 0.2) is 18.2 Å². The van der Waals surface area contributed by atoms with Gasteiger partial charge < -0.3 is 9.47 Å². The molecule has 0 aliphatic heterocycles. The Morgan fingerprint density at radius 3 is 2.28 bits per heavy atom. The molecule has 0 radical (unpaired) electrons. The fourth-order valence-corrected chi connectivity index (χ4v) is 1.04. The minimum absolute atomic E-state index is 0.351. The Morgan fingerprint density at radius 1 is 1.17 bits per heavy atom. The van der Waals surface area contributed by atoms with E-state index in [1.54, 1.807) is 0 Å². The van der Waals surface area contributed by atoms with E-state index in [4.69, 9.17) is 0 Å². The number of benzene rings is 1. The highest BCUT2D eigenvalue weighted by Crippen LogP contribution is 2.36. The number of hydrogen-bond acceptors (Lipinski definition) is 4. The number of carbonyl (C=O) groups is 2. The van der Waals surface area contributed by atoms with Crippen molar-refractivity contribution in [3.8, 4) is 5.75 Å². The van der Waals surface area contributed by atoms with Gasteiger partial charge in [-0.3, -0.25) is 0 Å². The molecule has 0 saturated carbocycles. The van der Waals surface area contributed by atoms with Crippen LogP contribution in [-0.4, -0.2) is 19.0 Å². The number of ether oxygens (including phenoxy) is 2. The smallest absolute Gasteiger partial charge is 0.422 e. The van der Waals surface area contributed by atoms with Gasteiger partial charge in [0, 0.05) is 6.07 Å². The van der Waals surface area contributed by atoms with Gasteiger partial charge in [0.2, 0.25) is 0 Å². The fourth-order valence-electron chi connectivity index (χ4n) is 1.04. The number of methoxy groups -OCH3 is 1. The molecule has 1 aromatic carbocycles. The van der Waals surface area contributed by atoms with Gasteiger partial charge in [0.05, 0.1) is 12.7 Å². The van der Waals surface area contributed by atoms with Crippen LogP contribution >= 0.6 is 0 Å². The molecule has 0 atom stereocenters. The summed E-state index contributed by atoms with van der Waals surface area (Å²) in [5, 5.41) is 0. The first-order chi connectivity index (χ1) is 8.25. The van der Waals surface area contributed by atoms with Gasteiger partial charge in [-0.25, -0.2) is 14.0 Å². The quantitative estimate of drug-likeness (QED) is 0.337. The maximum atomic E-state index is 12.8. The van der Waals surface area contributed by atoms with Gasteiger partial charge in [0.1, 0.15) is 11.6 Å². The number of hydrogen-bond donors (Lipinski definition) is 0. The van der Waals surface area contributed by atoms with Gasteiger partial charge >= 0.3 is 18.1 Å². The van der Waals surface area contributed by atoms with Crippen LogP contribution in [0.2, 0.25) is 0 Å². The molecular weight excluding hydrogens is 260 g/mol. The molecule has 98 valence electrons. The van der Waals surface area contributed by atoms with Gasteiger partial charge in [-0.2, -0.15) is 13.2 Å². The Bertz CT molecular complexity index is 481. The first-order valence-electron chi connectivity index (χ1n) is 4.42. The van der Waals surface area contributed by atoms with E-state index in [-0.39, 0.29) is 0 Å². The van der Waals surface area contributed by atoms with Crippen molar-refractivity contribution in [2.75, 3.05) is 7.11 Å². The van der Waals surface area contributed by atoms with Crippen molar-refractivity contribution in [1.82, 2.24) is 0 Å². The summed E-state index contributed by atoms with van der Waals surface area (Å²) in [7, 11) is 0.847. The molecule has 1 aromatic rings. The van der Waals surface area contributed by atoms with Crippen LogP contribution in [0.1, 0.15) is 5.56 Å².